The van der Waals surface area contributed by atoms with Crippen molar-refractivity contribution in [1.29, 1.82) is 0 Å². The Bertz CT molecular complexity index is 1040. The summed E-state index contributed by atoms with van der Waals surface area (Å²) < 4.78 is 1.91. The molecule has 2 aromatic heterocycles. The lowest BCUT2D eigenvalue weighted by atomic mass is 10.1. The molecular formula is C20H18N4O3. The van der Waals surface area contributed by atoms with Crippen LogP contribution in [0.2, 0.25) is 0 Å². The highest BCUT2D eigenvalue weighted by Gasteiger charge is 2.34. The van der Waals surface area contributed by atoms with Gasteiger partial charge in [-0.1, -0.05) is 18.2 Å². The van der Waals surface area contributed by atoms with Crippen LogP contribution < -0.4 is 5.32 Å². The van der Waals surface area contributed by atoms with Crippen molar-refractivity contribution in [2.45, 2.75) is 19.9 Å². The fourth-order valence-electron chi connectivity index (χ4n) is 3.22. The Morgan fingerprint density at radius 2 is 1.78 bits per heavy atom. The number of aryl methyl sites for hydroxylation is 1. The zero-order valence-electron chi connectivity index (χ0n) is 14.8. The summed E-state index contributed by atoms with van der Waals surface area (Å²) in [6, 6.07) is 10.6. The number of imide groups is 1. The van der Waals surface area contributed by atoms with Crippen molar-refractivity contribution in [3.05, 3.63) is 71.2 Å². The van der Waals surface area contributed by atoms with Gasteiger partial charge in [-0.2, -0.15) is 0 Å². The molecule has 0 bridgehead atoms. The van der Waals surface area contributed by atoms with Crippen molar-refractivity contribution >= 4 is 23.4 Å². The third-order valence-corrected chi connectivity index (χ3v) is 4.64. The Hall–Kier alpha value is -3.48. The van der Waals surface area contributed by atoms with E-state index in [4.69, 9.17) is 0 Å². The van der Waals surface area contributed by atoms with Crippen molar-refractivity contribution in [2.75, 3.05) is 6.54 Å². The molecule has 7 nitrogen and oxygen atoms in total. The number of rotatable bonds is 5. The van der Waals surface area contributed by atoms with Gasteiger partial charge >= 0.3 is 0 Å². The molecule has 0 radical (unpaired) electrons. The van der Waals surface area contributed by atoms with Crippen LogP contribution in [0.25, 0.3) is 5.65 Å². The van der Waals surface area contributed by atoms with Crippen molar-refractivity contribution < 1.29 is 14.4 Å². The lowest BCUT2D eigenvalue weighted by Gasteiger charge is -2.13. The molecule has 1 N–H and O–H groups in total. The summed E-state index contributed by atoms with van der Waals surface area (Å²) in [4.78, 5) is 42.4. The zero-order chi connectivity index (χ0) is 19.0. The van der Waals surface area contributed by atoms with E-state index in [0.29, 0.717) is 17.7 Å². The van der Waals surface area contributed by atoms with Crippen molar-refractivity contribution in [2.24, 2.45) is 0 Å². The molecule has 3 aromatic rings. The normalized spacial score (nSPS) is 13.3. The van der Waals surface area contributed by atoms with Crippen LogP contribution in [0.15, 0.2) is 48.8 Å². The minimum Gasteiger partial charge on any atom is -0.350 e. The summed E-state index contributed by atoms with van der Waals surface area (Å²) >= 11 is 0. The Morgan fingerprint density at radius 3 is 2.44 bits per heavy atom. The summed E-state index contributed by atoms with van der Waals surface area (Å²) in [5, 5.41) is 2.79. The van der Waals surface area contributed by atoms with Gasteiger partial charge in [0.1, 0.15) is 5.65 Å². The maximum atomic E-state index is 12.3. The van der Waals surface area contributed by atoms with Gasteiger partial charge in [0.2, 0.25) is 5.91 Å². The van der Waals surface area contributed by atoms with Crippen LogP contribution in [0.3, 0.4) is 0 Å². The molecular weight excluding hydrogens is 344 g/mol. The Balaban J connectivity index is 1.34. The number of aromatic nitrogens is 2. The average Bonchev–Trinajstić information content (AvgIpc) is 3.20. The lowest BCUT2D eigenvalue weighted by molar-refractivity contribution is -0.121. The van der Waals surface area contributed by atoms with E-state index in [0.717, 1.165) is 21.8 Å². The van der Waals surface area contributed by atoms with E-state index in [-0.39, 0.29) is 30.7 Å². The smallest absolute Gasteiger partial charge is 0.261 e. The van der Waals surface area contributed by atoms with E-state index in [9.17, 15) is 14.4 Å². The molecule has 0 unspecified atom stereocenters. The van der Waals surface area contributed by atoms with Crippen molar-refractivity contribution in [3.8, 4) is 0 Å². The van der Waals surface area contributed by atoms with E-state index in [1.54, 1.807) is 24.3 Å². The van der Waals surface area contributed by atoms with E-state index < -0.39 is 0 Å². The van der Waals surface area contributed by atoms with E-state index in [2.05, 4.69) is 10.3 Å². The number of nitrogens with one attached hydrogen (secondary N) is 1. The number of imidazole rings is 1. The van der Waals surface area contributed by atoms with Gasteiger partial charge in [-0.05, 0) is 30.7 Å². The molecule has 3 amide bonds. The van der Waals surface area contributed by atoms with Crippen LogP contribution in [0.4, 0.5) is 0 Å². The third kappa shape index (κ3) is 3.08. The molecule has 0 spiro atoms. The summed E-state index contributed by atoms with van der Waals surface area (Å²) in [7, 11) is 0. The maximum Gasteiger partial charge on any atom is 0.261 e. The first-order chi connectivity index (χ1) is 13.0. The fraction of sp³-hybridized carbons (Fsp3) is 0.200. The number of carbonyl (C=O) groups excluding carboxylic acids is 3. The molecule has 1 aliphatic rings. The molecule has 3 heterocycles. The van der Waals surface area contributed by atoms with Gasteiger partial charge in [-0.25, -0.2) is 4.98 Å². The second kappa shape index (κ2) is 6.68. The van der Waals surface area contributed by atoms with Crippen LogP contribution in [0, 0.1) is 6.92 Å². The van der Waals surface area contributed by atoms with Gasteiger partial charge in [-0.3, -0.25) is 19.3 Å². The summed E-state index contributed by atoms with van der Waals surface area (Å²) in [5.41, 5.74) is 3.44. The third-order valence-electron chi connectivity index (χ3n) is 4.64. The number of amides is 3. The second-order valence-electron chi connectivity index (χ2n) is 6.49. The number of pyridine rings is 1. The average molecular weight is 362 g/mol. The number of hydrogen-bond acceptors (Lipinski definition) is 4. The largest absolute Gasteiger partial charge is 0.350 e. The van der Waals surface area contributed by atoms with Crippen molar-refractivity contribution in [3.63, 3.8) is 0 Å². The molecule has 0 atom stereocenters. The second-order valence-corrected chi connectivity index (χ2v) is 6.49. The molecule has 0 saturated heterocycles. The maximum absolute atomic E-state index is 12.3. The lowest BCUT2D eigenvalue weighted by Crippen LogP contribution is -2.34. The Labute approximate surface area is 155 Å². The number of nitrogens with zero attached hydrogens (tertiary/aromatic N) is 3. The van der Waals surface area contributed by atoms with Crippen LogP contribution >= 0.6 is 0 Å². The monoisotopic (exact) mass is 362 g/mol. The highest BCUT2D eigenvalue weighted by atomic mass is 16.2. The number of hydrogen-bond donors (Lipinski definition) is 1. The van der Waals surface area contributed by atoms with E-state index >= 15 is 0 Å². The molecule has 0 fully saturated rings. The van der Waals surface area contributed by atoms with Crippen LogP contribution in [0.5, 0.6) is 0 Å². The van der Waals surface area contributed by atoms with Gasteiger partial charge in [0.05, 0.1) is 23.4 Å². The van der Waals surface area contributed by atoms with Gasteiger partial charge in [-0.15, -0.1) is 0 Å². The van der Waals surface area contributed by atoms with Gasteiger partial charge < -0.3 is 9.72 Å². The predicted molar refractivity (Wildman–Crippen MR) is 98.2 cm³/mol. The Kier molecular flexibility index (Phi) is 4.19. The summed E-state index contributed by atoms with van der Waals surface area (Å²) in [6.07, 6.45) is 3.83. The van der Waals surface area contributed by atoms with Gasteiger partial charge in [0.15, 0.2) is 0 Å². The molecule has 136 valence electrons. The van der Waals surface area contributed by atoms with E-state index in [1.807, 2.05) is 35.9 Å². The first-order valence-electron chi connectivity index (χ1n) is 8.70. The SMILES string of the molecule is Cc1cccn2cc(CNC(=O)CCN3C(=O)c4ccccc4C3=O)nc12. The van der Waals surface area contributed by atoms with Crippen LogP contribution in [-0.4, -0.2) is 38.6 Å². The van der Waals surface area contributed by atoms with Crippen LogP contribution in [0.1, 0.15) is 38.4 Å². The zero-order valence-corrected chi connectivity index (χ0v) is 14.8. The van der Waals surface area contributed by atoms with Gasteiger partial charge in [0.25, 0.3) is 11.8 Å². The number of fused-ring (bicyclic) bond motifs is 2. The van der Waals surface area contributed by atoms with Crippen LogP contribution in [-0.2, 0) is 11.3 Å². The van der Waals surface area contributed by atoms with E-state index in [1.165, 1.54) is 0 Å². The quantitative estimate of drug-likeness (QED) is 0.703. The fourth-order valence-corrected chi connectivity index (χ4v) is 3.22. The van der Waals surface area contributed by atoms with Crippen molar-refractivity contribution in [1.82, 2.24) is 19.6 Å². The highest BCUT2D eigenvalue weighted by Crippen LogP contribution is 2.22. The minimum atomic E-state index is -0.348. The molecule has 1 aliphatic heterocycles. The topological polar surface area (TPSA) is 83.8 Å². The highest BCUT2D eigenvalue weighted by molar-refractivity contribution is 6.21. The number of benzene rings is 1. The Morgan fingerprint density at radius 1 is 1.07 bits per heavy atom. The summed E-state index contributed by atoms with van der Waals surface area (Å²) in [6.45, 7) is 2.33. The molecule has 0 saturated carbocycles. The number of carbonyl (C=O) groups is 3. The first-order valence-corrected chi connectivity index (χ1v) is 8.70. The van der Waals surface area contributed by atoms with Gasteiger partial charge in [0, 0.05) is 25.4 Å². The molecule has 0 aliphatic carbocycles. The molecule has 27 heavy (non-hydrogen) atoms. The molecule has 4 rings (SSSR count). The standard InChI is InChI=1S/C20H18N4O3/c1-13-5-4-9-23-12-14(22-18(13)23)11-21-17(25)8-10-24-19(26)15-6-2-3-7-16(15)20(24)27/h2-7,9,12H,8,10-11H2,1H3,(H,21,25). The summed E-state index contributed by atoms with van der Waals surface area (Å²) in [5.74, 6) is -0.932. The molecule has 7 heteroatoms. The predicted octanol–water partition coefficient (Wildman–Crippen LogP) is 1.95. The molecule has 1 aromatic carbocycles. The minimum absolute atomic E-state index is 0.0534. The first kappa shape index (κ1) is 17.0.